The van der Waals surface area contributed by atoms with E-state index in [1.54, 1.807) is 12.1 Å². The lowest BCUT2D eigenvalue weighted by Gasteiger charge is -2.13. The Bertz CT molecular complexity index is 909. The van der Waals surface area contributed by atoms with Crippen LogP contribution in [0.2, 0.25) is 0 Å². The van der Waals surface area contributed by atoms with E-state index in [0.29, 0.717) is 36.0 Å². The number of para-hydroxylation sites is 2. The highest BCUT2D eigenvalue weighted by Crippen LogP contribution is 2.25. The maximum absolute atomic E-state index is 12.7. The normalized spacial score (nSPS) is 10.4. The van der Waals surface area contributed by atoms with Gasteiger partial charge in [-0.2, -0.15) is 0 Å². The SMILES string of the molecule is CCCOc1cccc(C(=O)Nc2ccccc2OCCCc2ccccc2)c1. The fourth-order valence-corrected chi connectivity index (χ4v) is 2.94. The molecular formula is C25H27NO3. The molecule has 0 heterocycles. The lowest BCUT2D eigenvalue weighted by molar-refractivity contribution is 0.102. The summed E-state index contributed by atoms with van der Waals surface area (Å²) in [5.74, 6) is 1.18. The van der Waals surface area contributed by atoms with Gasteiger partial charge in [0, 0.05) is 5.56 Å². The lowest BCUT2D eigenvalue weighted by Crippen LogP contribution is -2.13. The molecule has 0 aliphatic carbocycles. The number of hydrogen-bond donors (Lipinski definition) is 1. The number of anilines is 1. The quantitative estimate of drug-likeness (QED) is 0.450. The average molecular weight is 389 g/mol. The number of aryl methyl sites for hydroxylation is 1. The van der Waals surface area contributed by atoms with Crippen molar-refractivity contribution in [2.75, 3.05) is 18.5 Å². The average Bonchev–Trinajstić information content (AvgIpc) is 2.77. The van der Waals surface area contributed by atoms with Gasteiger partial charge in [-0.25, -0.2) is 0 Å². The number of hydrogen-bond acceptors (Lipinski definition) is 3. The van der Waals surface area contributed by atoms with Gasteiger partial charge in [0.05, 0.1) is 18.9 Å². The number of benzene rings is 3. The Kier molecular flexibility index (Phi) is 7.70. The predicted molar refractivity (Wildman–Crippen MR) is 117 cm³/mol. The second-order valence-electron chi connectivity index (χ2n) is 6.76. The van der Waals surface area contributed by atoms with Crippen LogP contribution in [-0.2, 0) is 6.42 Å². The molecule has 4 nitrogen and oxygen atoms in total. The first-order valence-electron chi connectivity index (χ1n) is 10.1. The first kappa shape index (κ1) is 20.5. The van der Waals surface area contributed by atoms with Crippen LogP contribution in [-0.4, -0.2) is 19.1 Å². The molecule has 3 aromatic rings. The van der Waals surface area contributed by atoms with Crippen molar-refractivity contribution in [2.45, 2.75) is 26.2 Å². The molecular weight excluding hydrogens is 362 g/mol. The van der Waals surface area contributed by atoms with Crippen molar-refractivity contribution >= 4 is 11.6 Å². The van der Waals surface area contributed by atoms with Gasteiger partial charge in [-0.05, 0) is 55.2 Å². The molecule has 1 amide bonds. The molecule has 3 rings (SSSR count). The van der Waals surface area contributed by atoms with Crippen LogP contribution in [0.15, 0.2) is 78.9 Å². The third-order valence-electron chi connectivity index (χ3n) is 4.41. The van der Waals surface area contributed by atoms with E-state index in [1.165, 1.54) is 5.56 Å². The van der Waals surface area contributed by atoms with Crippen LogP contribution in [0.4, 0.5) is 5.69 Å². The first-order valence-corrected chi connectivity index (χ1v) is 10.1. The summed E-state index contributed by atoms with van der Waals surface area (Å²) in [6.07, 6.45) is 2.79. The van der Waals surface area contributed by atoms with Crippen molar-refractivity contribution in [3.05, 3.63) is 90.0 Å². The Labute approximate surface area is 172 Å². The van der Waals surface area contributed by atoms with Crippen LogP contribution in [0.1, 0.15) is 35.7 Å². The zero-order chi connectivity index (χ0) is 20.3. The molecule has 0 bridgehead atoms. The van der Waals surface area contributed by atoms with Crippen LogP contribution in [0.5, 0.6) is 11.5 Å². The van der Waals surface area contributed by atoms with Gasteiger partial charge in [0.1, 0.15) is 11.5 Å². The summed E-state index contributed by atoms with van der Waals surface area (Å²) in [5, 5.41) is 2.95. The third kappa shape index (κ3) is 6.39. The number of rotatable bonds is 10. The van der Waals surface area contributed by atoms with Gasteiger partial charge >= 0.3 is 0 Å². The molecule has 150 valence electrons. The monoisotopic (exact) mass is 389 g/mol. The molecule has 0 radical (unpaired) electrons. The minimum Gasteiger partial charge on any atom is -0.494 e. The molecule has 0 saturated heterocycles. The van der Waals surface area contributed by atoms with Gasteiger partial charge in [-0.15, -0.1) is 0 Å². The van der Waals surface area contributed by atoms with E-state index in [2.05, 4.69) is 17.4 Å². The zero-order valence-electron chi connectivity index (χ0n) is 16.8. The summed E-state index contributed by atoms with van der Waals surface area (Å²) in [6.45, 7) is 3.26. The van der Waals surface area contributed by atoms with E-state index < -0.39 is 0 Å². The van der Waals surface area contributed by atoms with Crippen molar-refractivity contribution in [3.8, 4) is 11.5 Å². The highest BCUT2D eigenvalue weighted by atomic mass is 16.5. The number of carbonyl (C=O) groups is 1. The van der Waals surface area contributed by atoms with Crippen molar-refractivity contribution in [3.63, 3.8) is 0 Å². The van der Waals surface area contributed by atoms with Gasteiger partial charge in [0.25, 0.3) is 5.91 Å². The van der Waals surface area contributed by atoms with Crippen molar-refractivity contribution < 1.29 is 14.3 Å². The van der Waals surface area contributed by atoms with Gasteiger partial charge in [-0.1, -0.05) is 55.5 Å². The van der Waals surface area contributed by atoms with Crippen LogP contribution >= 0.6 is 0 Å². The van der Waals surface area contributed by atoms with Gasteiger partial charge in [0.15, 0.2) is 0 Å². The molecule has 4 heteroatoms. The van der Waals surface area contributed by atoms with E-state index in [0.717, 1.165) is 19.3 Å². The molecule has 0 saturated carbocycles. The van der Waals surface area contributed by atoms with Gasteiger partial charge in [-0.3, -0.25) is 4.79 Å². The molecule has 0 spiro atoms. The standard InChI is InChI=1S/C25H27NO3/c1-2-17-28-22-14-8-13-21(19-22)25(27)26-23-15-6-7-16-24(23)29-18-9-12-20-10-4-3-5-11-20/h3-8,10-11,13-16,19H,2,9,12,17-18H2,1H3,(H,26,27). The molecule has 0 unspecified atom stereocenters. The number of nitrogens with one attached hydrogen (secondary N) is 1. The van der Waals surface area contributed by atoms with E-state index in [9.17, 15) is 4.79 Å². The predicted octanol–water partition coefficient (Wildman–Crippen LogP) is 5.74. The topological polar surface area (TPSA) is 47.6 Å². The summed E-state index contributed by atoms with van der Waals surface area (Å²) >= 11 is 0. The number of amides is 1. The maximum Gasteiger partial charge on any atom is 0.255 e. The Morgan fingerprint density at radius 1 is 0.862 bits per heavy atom. The largest absolute Gasteiger partial charge is 0.494 e. The fourth-order valence-electron chi connectivity index (χ4n) is 2.94. The van der Waals surface area contributed by atoms with E-state index in [1.807, 2.05) is 61.5 Å². The van der Waals surface area contributed by atoms with E-state index in [4.69, 9.17) is 9.47 Å². The Morgan fingerprint density at radius 2 is 1.66 bits per heavy atom. The molecule has 0 aliphatic heterocycles. The van der Waals surface area contributed by atoms with E-state index in [-0.39, 0.29) is 5.91 Å². The zero-order valence-corrected chi connectivity index (χ0v) is 16.8. The minimum atomic E-state index is -0.188. The highest BCUT2D eigenvalue weighted by Gasteiger charge is 2.11. The smallest absolute Gasteiger partial charge is 0.255 e. The molecule has 3 aromatic carbocycles. The number of ether oxygens (including phenoxy) is 2. The van der Waals surface area contributed by atoms with Gasteiger partial charge < -0.3 is 14.8 Å². The molecule has 1 N–H and O–H groups in total. The molecule has 0 fully saturated rings. The summed E-state index contributed by atoms with van der Waals surface area (Å²) in [4.78, 5) is 12.7. The maximum atomic E-state index is 12.7. The summed E-state index contributed by atoms with van der Waals surface area (Å²) < 4.78 is 11.6. The molecule has 0 aliphatic rings. The second kappa shape index (κ2) is 10.9. The van der Waals surface area contributed by atoms with Crippen LogP contribution in [0.25, 0.3) is 0 Å². The highest BCUT2D eigenvalue weighted by molar-refractivity contribution is 6.05. The summed E-state index contributed by atoms with van der Waals surface area (Å²) in [5.41, 5.74) is 2.51. The number of carbonyl (C=O) groups excluding carboxylic acids is 1. The van der Waals surface area contributed by atoms with E-state index >= 15 is 0 Å². The lowest BCUT2D eigenvalue weighted by atomic mass is 10.1. The minimum absolute atomic E-state index is 0.188. The molecule has 0 aromatic heterocycles. The van der Waals surface area contributed by atoms with Crippen molar-refractivity contribution in [1.29, 1.82) is 0 Å². The van der Waals surface area contributed by atoms with Crippen LogP contribution in [0.3, 0.4) is 0 Å². The van der Waals surface area contributed by atoms with Gasteiger partial charge in [0.2, 0.25) is 0 Å². The van der Waals surface area contributed by atoms with Crippen LogP contribution < -0.4 is 14.8 Å². The Hall–Kier alpha value is -3.27. The fraction of sp³-hybridized carbons (Fsp3) is 0.240. The van der Waals surface area contributed by atoms with Crippen molar-refractivity contribution in [1.82, 2.24) is 0 Å². The van der Waals surface area contributed by atoms with Crippen molar-refractivity contribution in [2.24, 2.45) is 0 Å². The summed E-state index contributed by atoms with van der Waals surface area (Å²) in [6, 6.07) is 25.1. The Balaban J connectivity index is 1.57. The molecule has 29 heavy (non-hydrogen) atoms. The first-order chi connectivity index (χ1) is 14.3. The summed E-state index contributed by atoms with van der Waals surface area (Å²) in [7, 11) is 0. The third-order valence-corrected chi connectivity index (χ3v) is 4.41. The molecule has 0 atom stereocenters. The second-order valence-corrected chi connectivity index (χ2v) is 6.76. The Morgan fingerprint density at radius 3 is 2.48 bits per heavy atom. The van der Waals surface area contributed by atoms with Crippen LogP contribution in [0, 0.1) is 0 Å².